The Bertz CT molecular complexity index is 488. The van der Waals surface area contributed by atoms with Crippen molar-refractivity contribution in [2.24, 2.45) is 5.41 Å². The Balaban J connectivity index is 2.59. The molecule has 0 unspecified atom stereocenters. The third kappa shape index (κ3) is 5.71. The molecule has 1 aromatic heterocycles. The summed E-state index contributed by atoms with van der Waals surface area (Å²) in [4.78, 5) is 0.220. The van der Waals surface area contributed by atoms with Crippen molar-refractivity contribution in [3.05, 3.63) is 12.4 Å². The lowest BCUT2D eigenvalue weighted by molar-refractivity contribution is 0.378. The first-order valence-electron chi connectivity index (χ1n) is 6.41. The number of sulfonamides is 1. The molecule has 0 aliphatic rings. The third-order valence-corrected chi connectivity index (χ3v) is 4.09. The van der Waals surface area contributed by atoms with E-state index in [1.54, 1.807) is 10.9 Å². The molecule has 0 amide bonds. The Morgan fingerprint density at radius 1 is 1.32 bits per heavy atom. The van der Waals surface area contributed by atoms with Crippen molar-refractivity contribution in [2.75, 3.05) is 20.1 Å². The molecule has 1 aromatic rings. The van der Waals surface area contributed by atoms with E-state index in [0.29, 0.717) is 13.1 Å². The zero-order chi connectivity index (χ0) is 14.5. The maximum absolute atomic E-state index is 12.0. The molecule has 0 spiro atoms. The largest absolute Gasteiger partial charge is 0.318 e. The van der Waals surface area contributed by atoms with Crippen LogP contribution in [0.2, 0.25) is 0 Å². The SMILES string of the molecule is CNCCn1cc(S(=O)(=O)NCCC(C)(C)C)cn1. The lowest BCUT2D eigenvalue weighted by atomic mass is 9.93. The Hall–Kier alpha value is -0.920. The third-order valence-electron chi connectivity index (χ3n) is 2.68. The highest BCUT2D eigenvalue weighted by molar-refractivity contribution is 7.89. The summed E-state index contributed by atoms with van der Waals surface area (Å²) in [5.41, 5.74) is 0.111. The van der Waals surface area contributed by atoms with Crippen LogP contribution in [-0.2, 0) is 16.6 Å². The second-order valence-electron chi connectivity index (χ2n) is 5.75. The molecular formula is C12H24N4O2S. The van der Waals surface area contributed by atoms with E-state index in [1.807, 2.05) is 7.05 Å². The Labute approximate surface area is 115 Å². The summed E-state index contributed by atoms with van der Waals surface area (Å²) in [6.07, 6.45) is 3.73. The van der Waals surface area contributed by atoms with E-state index in [4.69, 9.17) is 0 Å². The number of aromatic nitrogens is 2. The molecule has 0 aliphatic carbocycles. The van der Waals surface area contributed by atoms with Gasteiger partial charge in [0.2, 0.25) is 10.0 Å². The molecule has 1 heterocycles. The van der Waals surface area contributed by atoms with Crippen LogP contribution in [0, 0.1) is 5.41 Å². The fourth-order valence-electron chi connectivity index (χ4n) is 1.48. The van der Waals surface area contributed by atoms with Crippen molar-refractivity contribution in [1.29, 1.82) is 0 Å². The molecule has 7 heteroatoms. The molecule has 2 N–H and O–H groups in total. The van der Waals surface area contributed by atoms with Crippen LogP contribution < -0.4 is 10.0 Å². The lowest BCUT2D eigenvalue weighted by Gasteiger charge is -2.17. The summed E-state index contributed by atoms with van der Waals surface area (Å²) < 4.78 is 28.3. The summed E-state index contributed by atoms with van der Waals surface area (Å²) in [5.74, 6) is 0. The van der Waals surface area contributed by atoms with Gasteiger partial charge in [-0.3, -0.25) is 4.68 Å². The summed E-state index contributed by atoms with van der Waals surface area (Å²) in [7, 11) is -1.60. The van der Waals surface area contributed by atoms with Gasteiger partial charge in [-0.1, -0.05) is 20.8 Å². The highest BCUT2D eigenvalue weighted by Crippen LogP contribution is 2.17. The maximum atomic E-state index is 12.0. The Morgan fingerprint density at radius 2 is 2.00 bits per heavy atom. The highest BCUT2D eigenvalue weighted by Gasteiger charge is 2.17. The number of rotatable bonds is 7. The van der Waals surface area contributed by atoms with Crippen LogP contribution in [0.25, 0.3) is 0 Å². The summed E-state index contributed by atoms with van der Waals surface area (Å²) in [6.45, 7) is 8.07. The molecule has 0 radical (unpaired) electrons. The van der Waals surface area contributed by atoms with Crippen LogP contribution in [-0.4, -0.2) is 38.3 Å². The molecule has 0 saturated carbocycles. The Morgan fingerprint density at radius 3 is 2.58 bits per heavy atom. The molecule has 0 fully saturated rings. The highest BCUT2D eigenvalue weighted by atomic mass is 32.2. The van der Waals surface area contributed by atoms with Gasteiger partial charge in [-0.25, -0.2) is 13.1 Å². The number of hydrogen-bond donors (Lipinski definition) is 2. The van der Waals surface area contributed by atoms with Gasteiger partial charge in [0.15, 0.2) is 0 Å². The van der Waals surface area contributed by atoms with E-state index in [-0.39, 0.29) is 10.3 Å². The number of hydrogen-bond acceptors (Lipinski definition) is 4. The zero-order valence-corrected chi connectivity index (χ0v) is 12.9. The minimum atomic E-state index is -3.44. The average Bonchev–Trinajstić information content (AvgIpc) is 2.73. The second kappa shape index (κ2) is 6.49. The fraction of sp³-hybridized carbons (Fsp3) is 0.750. The van der Waals surface area contributed by atoms with Gasteiger partial charge in [0, 0.05) is 19.3 Å². The van der Waals surface area contributed by atoms with Gasteiger partial charge in [0.25, 0.3) is 0 Å². The maximum Gasteiger partial charge on any atom is 0.243 e. The lowest BCUT2D eigenvalue weighted by Crippen LogP contribution is -2.27. The molecule has 6 nitrogen and oxygen atoms in total. The molecular weight excluding hydrogens is 264 g/mol. The molecule has 0 bridgehead atoms. The van der Waals surface area contributed by atoms with Crippen LogP contribution in [0.3, 0.4) is 0 Å². The van der Waals surface area contributed by atoms with Gasteiger partial charge in [0.05, 0.1) is 12.7 Å². The van der Waals surface area contributed by atoms with E-state index in [0.717, 1.165) is 13.0 Å². The van der Waals surface area contributed by atoms with Crippen LogP contribution >= 0.6 is 0 Å². The molecule has 110 valence electrons. The smallest absolute Gasteiger partial charge is 0.243 e. The van der Waals surface area contributed by atoms with Crippen molar-refractivity contribution >= 4 is 10.0 Å². The van der Waals surface area contributed by atoms with Gasteiger partial charge in [0.1, 0.15) is 4.90 Å². The Kier molecular flexibility index (Phi) is 5.51. The summed E-state index contributed by atoms with van der Waals surface area (Å²) in [5, 5.41) is 7.02. The van der Waals surface area contributed by atoms with Gasteiger partial charge in [-0.2, -0.15) is 5.10 Å². The van der Waals surface area contributed by atoms with Gasteiger partial charge >= 0.3 is 0 Å². The van der Waals surface area contributed by atoms with Crippen molar-refractivity contribution in [2.45, 2.75) is 38.6 Å². The first-order valence-corrected chi connectivity index (χ1v) is 7.90. The predicted molar refractivity (Wildman–Crippen MR) is 75.4 cm³/mol. The first-order chi connectivity index (χ1) is 8.74. The molecule has 0 aliphatic heterocycles. The van der Waals surface area contributed by atoms with Gasteiger partial charge in [-0.15, -0.1) is 0 Å². The normalized spacial score (nSPS) is 12.8. The monoisotopic (exact) mass is 288 g/mol. The van der Waals surface area contributed by atoms with Crippen LogP contribution in [0.5, 0.6) is 0 Å². The van der Waals surface area contributed by atoms with E-state index in [2.05, 4.69) is 35.9 Å². The number of nitrogens with one attached hydrogen (secondary N) is 2. The standard InChI is InChI=1S/C12H24N4O2S/c1-12(2,3)5-6-15-19(17,18)11-9-14-16(10-11)8-7-13-4/h9-10,13,15H,5-8H2,1-4H3. The summed E-state index contributed by atoms with van der Waals surface area (Å²) >= 11 is 0. The molecule has 1 rings (SSSR count). The van der Waals surface area contributed by atoms with Crippen molar-refractivity contribution in [3.63, 3.8) is 0 Å². The topological polar surface area (TPSA) is 76.0 Å². The fourth-order valence-corrected chi connectivity index (χ4v) is 2.46. The number of likely N-dealkylation sites (N-methyl/N-ethyl adjacent to an activating group) is 1. The minimum Gasteiger partial charge on any atom is -0.318 e. The van der Waals surface area contributed by atoms with Gasteiger partial charge < -0.3 is 5.32 Å². The molecule has 0 saturated heterocycles. The van der Waals surface area contributed by atoms with Crippen LogP contribution in [0.4, 0.5) is 0 Å². The predicted octanol–water partition coefficient (Wildman–Crippen LogP) is 0.817. The molecule has 0 aromatic carbocycles. The number of nitrogens with zero attached hydrogens (tertiary/aromatic N) is 2. The van der Waals surface area contributed by atoms with Gasteiger partial charge in [-0.05, 0) is 18.9 Å². The zero-order valence-electron chi connectivity index (χ0n) is 12.1. The van der Waals surface area contributed by atoms with E-state index >= 15 is 0 Å². The van der Waals surface area contributed by atoms with E-state index in [9.17, 15) is 8.42 Å². The molecule has 19 heavy (non-hydrogen) atoms. The summed E-state index contributed by atoms with van der Waals surface area (Å²) in [6, 6.07) is 0. The van der Waals surface area contributed by atoms with E-state index in [1.165, 1.54) is 6.20 Å². The quantitative estimate of drug-likeness (QED) is 0.779. The molecule has 0 atom stereocenters. The van der Waals surface area contributed by atoms with Crippen molar-refractivity contribution in [3.8, 4) is 0 Å². The average molecular weight is 288 g/mol. The van der Waals surface area contributed by atoms with E-state index < -0.39 is 10.0 Å². The van der Waals surface area contributed by atoms with Crippen molar-refractivity contribution < 1.29 is 8.42 Å². The van der Waals surface area contributed by atoms with Crippen LogP contribution in [0.15, 0.2) is 17.3 Å². The second-order valence-corrected chi connectivity index (χ2v) is 7.52. The van der Waals surface area contributed by atoms with Crippen molar-refractivity contribution in [1.82, 2.24) is 19.8 Å². The minimum absolute atomic E-state index is 0.111. The van der Waals surface area contributed by atoms with Crippen LogP contribution in [0.1, 0.15) is 27.2 Å². The first kappa shape index (κ1) is 16.1.